The number of aromatic nitrogens is 1. The lowest BCUT2D eigenvalue weighted by Gasteiger charge is -2.41. The number of carboxylic acids is 2. The van der Waals surface area contributed by atoms with Crippen molar-refractivity contribution in [3.05, 3.63) is 48.8 Å². The summed E-state index contributed by atoms with van der Waals surface area (Å²) in [6.07, 6.45) is -2.92. The Labute approximate surface area is 301 Å². The van der Waals surface area contributed by atoms with Crippen molar-refractivity contribution in [3.8, 4) is 5.75 Å². The van der Waals surface area contributed by atoms with Crippen LogP contribution in [0, 0.1) is 0 Å². The lowest BCUT2D eigenvalue weighted by molar-refractivity contribution is -0.192. The van der Waals surface area contributed by atoms with Crippen LogP contribution in [0.4, 0.5) is 18.9 Å². The van der Waals surface area contributed by atoms with E-state index >= 15 is 0 Å². The van der Waals surface area contributed by atoms with Crippen LogP contribution >= 0.6 is 0 Å². The van der Waals surface area contributed by atoms with Gasteiger partial charge in [-0.05, 0) is 36.4 Å². The molecule has 1 aromatic heterocycles. The number of carbonyl (C=O) groups excluding carboxylic acids is 4. The molecule has 2 aliphatic rings. The van der Waals surface area contributed by atoms with Crippen LogP contribution in [0.3, 0.4) is 0 Å². The van der Waals surface area contributed by atoms with Crippen molar-refractivity contribution < 1.29 is 70.0 Å². The number of halogens is 3. The van der Waals surface area contributed by atoms with Gasteiger partial charge < -0.3 is 39.3 Å². The molecule has 290 valence electrons. The minimum atomic E-state index is -5.08. The van der Waals surface area contributed by atoms with E-state index in [0.29, 0.717) is 31.9 Å². The number of carbonyl (C=O) groups is 6. The van der Waals surface area contributed by atoms with E-state index in [2.05, 4.69) is 14.6 Å². The molecule has 0 saturated carbocycles. The molecule has 3 amide bonds. The molecule has 53 heavy (non-hydrogen) atoms. The number of ether oxygens (including phenoxy) is 2. The maximum atomic E-state index is 14.1. The van der Waals surface area contributed by atoms with E-state index in [1.165, 1.54) is 36.3 Å². The highest BCUT2D eigenvalue weighted by Crippen LogP contribution is 2.22. The van der Waals surface area contributed by atoms with Crippen molar-refractivity contribution in [1.82, 2.24) is 24.4 Å². The number of esters is 1. The third-order valence-electron chi connectivity index (χ3n) is 8.03. The van der Waals surface area contributed by atoms with E-state index in [1.54, 1.807) is 12.4 Å². The van der Waals surface area contributed by atoms with Gasteiger partial charge in [-0.1, -0.05) is 0 Å². The summed E-state index contributed by atoms with van der Waals surface area (Å²) < 4.78 is 70.8. The van der Waals surface area contributed by atoms with Gasteiger partial charge in [0.2, 0.25) is 27.7 Å². The van der Waals surface area contributed by atoms with Crippen molar-refractivity contribution >= 4 is 51.3 Å². The Bertz CT molecular complexity index is 1740. The predicted molar refractivity (Wildman–Crippen MR) is 175 cm³/mol. The molecular formula is C31H37F3N6O12S. The van der Waals surface area contributed by atoms with Crippen molar-refractivity contribution in [2.75, 3.05) is 64.9 Å². The van der Waals surface area contributed by atoms with E-state index in [-0.39, 0.29) is 18.0 Å². The molecule has 2 aliphatic heterocycles. The van der Waals surface area contributed by atoms with Gasteiger partial charge in [0, 0.05) is 57.3 Å². The van der Waals surface area contributed by atoms with Crippen LogP contribution in [0.15, 0.2) is 53.7 Å². The average molecular weight is 775 g/mol. The van der Waals surface area contributed by atoms with Gasteiger partial charge in [0.1, 0.15) is 24.4 Å². The molecule has 0 aliphatic carbocycles. The highest BCUT2D eigenvalue weighted by Gasteiger charge is 2.43. The number of sulfonamides is 1. The maximum absolute atomic E-state index is 14.1. The van der Waals surface area contributed by atoms with Crippen LogP contribution in [-0.4, -0.2) is 152 Å². The van der Waals surface area contributed by atoms with Crippen molar-refractivity contribution in [1.29, 1.82) is 0 Å². The molecule has 0 spiro atoms. The van der Waals surface area contributed by atoms with Crippen molar-refractivity contribution in [2.45, 2.75) is 36.0 Å². The molecular weight excluding hydrogens is 737 g/mol. The van der Waals surface area contributed by atoms with Gasteiger partial charge in [0.25, 0.3) is 0 Å². The number of aliphatic carboxylic acids is 2. The Morgan fingerprint density at radius 1 is 0.943 bits per heavy atom. The van der Waals surface area contributed by atoms with E-state index in [1.807, 2.05) is 12.1 Å². The topological polar surface area (TPSA) is 233 Å². The smallest absolute Gasteiger partial charge is 0.490 e. The number of benzene rings is 1. The molecule has 18 nitrogen and oxygen atoms in total. The number of nitrogens with one attached hydrogen (secondary N) is 1. The summed E-state index contributed by atoms with van der Waals surface area (Å²) in [5, 5.41) is 16.4. The van der Waals surface area contributed by atoms with E-state index in [4.69, 9.17) is 19.4 Å². The van der Waals surface area contributed by atoms with Crippen molar-refractivity contribution in [2.24, 2.45) is 0 Å². The summed E-state index contributed by atoms with van der Waals surface area (Å²) in [6.45, 7) is 0.558. The summed E-state index contributed by atoms with van der Waals surface area (Å²) in [6, 6.07) is 5.97. The monoisotopic (exact) mass is 774 g/mol. The first kappa shape index (κ1) is 41.9. The minimum absolute atomic E-state index is 0.183. The number of amides is 3. The van der Waals surface area contributed by atoms with Crippen LogP contribution in [0.5, 0.6) is 5.75 Å². The number of hydrogen-bond donors (Lipinski definition) is 3. The molecule has 1 aromatic carbocycles. The third-order valence-corrected chi connectivity index (χ3v) is 9.51. The predicted octanol–water partition coefficient (Wildman–Crippen LogP) is -0.204. The summed E-state index contributed by atoms with van der Waals surface area (Å²) in [4.78, 5) is 82.8. The second kappa shape index (κ2) is 18.3. The van der Waals surface area contributed by atoms with Gasteiger partial charge in [-0.25, -0.2) is 13.2 Å². The molecule has 0 radical (unpaired) electrons. The van der Waals surface area contributed by atoms with Gasteiger partial charge in [-0.15, -0.1) is 0 Å². The maximum Gasteiger partial charge on any atom is 0.490 e. The van der Waals surface area contributed by atoms with Crippen LogP contribution in [0.2, 0.25) is 0 Å². The van der Waals surface area contributed by atoms with Crippen molar-refractivity contribution in [3.63, 3.8) is 0 Å². The fraction of sp³-hybridized carbons (Fsp3) is 0.452. The molecule has 0 bridgehead atoms. The normalized spacial score (nSPS) is 16.9. The zero-order valence-electron chi connectivity index (χ0n) is 28.4. The Morgan fingerprint density at radius 3 is 2.04 bits per heavy atom. The molecule has 2 fully saturated rings. The fourth-order valence-electron chi connectivity index (χ4n) is 5.32. The van der Waals surface area contributed by atoms with E-state index < -0.39 is 83.3 Å². The number of carboxylic acid groups (broad SMARTS) is 2. The molecule has 22 heteroatoms. The molecule has 3 heterocycles. The highest BCUT2D eigenvalue weighted by molar-refractivity contribution is 7.89. The molecule has 4 rings (SSSR count). The van der Waals surface area contributed by atoms with Gasteiger partial charge >= 0.3 is 24.1 Å². The zero-order valence-corrected chi connectivity index (χ0v) is 29.2. The van der Waals surface area contributed by atoms with Gasteiger partial charge in [0.05, 0.1) is 32.0 Å². The first-order valence-corrected chi connectivity index (χ1v) is 17.1. The SMILES string of the molecule is COC(=O)C[C@H]1C(=O)N(CC(=O)O)CCN1C(=O)[C@@H](CC(=O)N1CCN(c2ccncc2)CC1)NS(=O)(=O)c1ccc(OC)cc1.O=C(O)C(F)(F)F. The van der Waals surface area contributed by atoms with Crippen LogP contribution < -0.4 is 14.4 Å². The quantitative estimate of drug-likeness (QED) is 0.237. The zero-order chi connectivity index (χ0) is 39.5. The fourth-order valence-corrected chi connectivity index (χ4v) is 6.51. The lowest BCUT2D eigenvalue weighted by atomic mass is 10.0. The Balaban J connectivity index is 0.000000980. The molecule has 0 unspecified atom stereocenters. The number of methoxy groups -OCH3 is 2. The third kappa shape index (κ3) is 11.8. The summed E-state index contributed by atoms with van der Waals surface area (Å²) in [7, 11) is -1.87. The molecule has 2 saturated heterocycles. The summed E-state index contributed by atoms with van der Waals surface area (Å²) in [5.74, 6) is -6.72. The summed E-state index contributed by atoms with van der Waals surface area (Å²) in [5.41, 5.74) is 0.936. The van der Waals surface area contributed by atoms with Gasteiger partial charge in [-0.3, -0.25) is 29.0 Å². The first-order chi connectivity index (χ1) is 24.9. The Morgan fingerprint density at radius 2 is 1.53 bits per heavy atom. The first-order valence-electron chi connectivity index (χ1n) is 15.6. The Kier molecular flexibility index (Phi) is 14.5. The lowest BCUT2D eigenvalue weighted by Crippen LogP contribution is -2.63. The number of alkyl halides is 3. The average Bonchev–Trinajstić information content (AvgIpc) is 3.12. The molecule has 2 aromatic rings. The number of pyridine rings is 1. The van der Waals surface area contributed by atoms with E-state index in [9.17, 15) is 50.7 Å². The van der Waals surface area contributed by atoms with Crippen LogP contribution in [0.1, 0.15) is 12.8 Å². The molecule has 2 atom stereocenters. The largest absolute Gasteiger partial charge is 0.497 e. The summed E-state index contributed by atoms with van der Waals surface area (Å²) >= 11 is 0. The van der Waals surface area contributed by atoms with Crippen LogP contribution in [-0.2, 0) is 43.5 Å². The van der Waals surface area contributed by atoms with Gasteiger partial charge in [0.15, 0.2) is 0 Å². The second-order valence-electron chi connectivity index (χ2n) is 11.4. The van der Waals surface area contributed by atoms with Crippen LogP contribution in [0.25, 0.3) is 0 Å². The molecule has 3 N–H and O–H groups in total. The van der Waals surface area contributed by atoms with Gasteiger partial charge in [-0.2, -0.15) is 17.9 Å². The Hall–Kier alpha value is -5.51. The second-order valence-corrected chi connectivity index (χ2v) is 13.1. The number of hydrogen-bond acceptors (Lipinski definition) is 12. The number of rotatable bonds is 12. The van der Waals surface area contributed by atoms with E-state index in [0.717, 1.165) is 22.6 Å². The standard InChI is InChI=1S/C29H36N6O10S.C2HF3O2/c1-44-21-3-5-22(6-4-21)46(42,43)31-23(17-25(36)33-13-11-32(12-14-33)20-7-9-30-10-8-20)28(40)35-16-15-34(19-26(37)38)29(41)24(35)18-27(39)45-2;3-2(4,5)1(6)7/h3-10,23-24,31H,11-19H2,1-2H3,(H,37,38);(H,6,7)/t23-,24+;/m1./s1. The number of anilines is 1. The number of nitrogens with zero attached hydrogens (tertiary/aromatic N) is 5. The minimum Gasteiger partial charge on any atom is -0.497 e. The number of piperazine rings is 2. The highest BCUT2D eigenvalue weighted by atomic mass is 32.2.